The summed E-state index contributed by atoms with van der Waals surface area (Å²) in [5, 5.41) is 0. The molecule has 0 aromatic heterocycles. The summed E-state index contributed by atoms with van der Waals surface area (Å²) in [6.07, 6.45) is 0. The fourth-order valence-corrected chi connectivity index (χ4v) is 3.05. The number of halogens is 2. The lowest BCUT2D eigenvalue weighted by molar-refractivity contribution is 0.591. The molecule has 0 saturated carbocycles. The van der Waals surface area contributed by atoms with Gasteiger partial charge in [0.15, 0.2) is 0 Å². The van der Waals surface area contributed by atoms with Crippen LogP contribution in [0.5, 0.6) is 0 Å². The number of rotatable bonds is 3. The lowest BCUT2D eigenvalue weighted by atomic mass is 10.2. The first-order valence-electron chi connectivity index (χ1n) is 5.63. The van der Waals surface area contributed by atoms with E-state index in [9.17, 15) is 17.2 Å². The lowest BCUT2D eigenvalue weighted by Crippen LogP contribution is -2.15. The molecule has 4 nitrogen and oxygen atoms in total. The molecule has 0 aliphatic rings. The van der Waals surface area contributed by atoms with Gasteiger partial charge in [0.2, 0.25) is 0 Å². The van der Waals surface area contributed by atoms with Gasteiger partial charge < -0.3 is 5.73 Å². The Hall–Kier alpha value is -2.15. The number of hydrogen-bond donors (Lipinski definition) is 2. The van der Waals surface area contributed by atoms with E-state index in [1.54, 1.807) is 0 Å². The molecule has 3 N–H and O–H groups in total. The van der Waals surface area contributed by atoms with Crippen molar-refractivity contribution < 1.29 is 17.2 Å². The third kappa shape index (κ3) is 2.88. The molecule has 0 aliphatic carbocycles. The second kappa shape index (κ2) is 5.09. The standard InChI is InChI=1S/C13H12F2N2O2S/c1-8-12(15)6-10(16)7-13(8)20(18,19)17-11-4-2-3-9(14)5-11/h2-7,17H,16H2,1H3. The maximum Gasteiger partial charge on any atom is 0.262 e. The van der Waals surface area contributed by atoms with Crippen molar-refractivity contribution in [1.82, 2.24) is 0 Å². The van der Waals surface area contributed by atoms with Gasteiger partial charge in [0.05, 0.1) is 10.6 Å². The number of nitrogen functional groups attached to an aromatic ring is 1. The van der Waals surface area contributed by atoms with Gasteiger partial charge >= 0.3 is 0 Å². The van der Waals surface area contributed by atoms with Crippen LogP contribution in [0.2, 0.25) is 0 Å². The molecular formula is C13H12F2N2O2S. The van der Waals surface area contributed by atoms with Crippen LogP contribution in [0.25, 0.3) is 0 Å². The maximum absolute atomic E-state index is 13.5. The molecule has 0 amide bonds. The van der Waals surface area contributed by atoms with Crippen LogP contribution in [0.1, 0.15) is 5.56 Å². The van der Waals surface area contributed by atoms with Gasteiger partial charge in [-0.3, -0.25) is 4.72 Å². The van der Waals surface area contributed by atoms with E-state index in [0.717, 1.165) is 18.2 Å². The summed E-state index contributed by atoms with van der Waals surface area (Å²) in [5.74, 6) is -1.30. The predicted molar refractivity (Wildman–Crippen MR) is 72.8 cm³/mol. The van der Waals surface area contributed by atoms with Crippen molar-refractivity contribution in [1.29, 1.82) is 0 Å². The van der Waals surface area contributed by atoms with Crippen molar-refractivity contribution in [3.05, 3.63) is 53.6 Å². The normalized spacial score (nSPS) is 11.3. The van der Waals surface area contributed by atoms with E-state index in [1.807, 2.05) is 0 Å². The monoisotopic (exact) mass is 298 g/mol. The predicted octanol–water partition coefficient (Wildman–Crippen LogP) is 2.66. The summed E-state index contributed by atoms with van der Waals surface area (Å²) in [6.45, 7) is 1.33. The molecule has 7 heteroatoms. The van der Waals surface area contributed by atoms with Gasteiger partial charge in [-0.05, 0) is 37.3 Å². The molecule has 0 saturated heterocycles. The summed E-state index contributed by atoms with van der Waals surface area (Å²) in [4.78, 5) is -0.278. The van der Waals surface area contributed by atoms with E-state index in [-0.39, 0.29) is 21.8 Å². The first-order chi connectivity index (χ1) is 9.29. The van der Waals surface area contributed by atoms with E-state index >= 15 is 0 Å². The molecule has 0 aliphatic heterocycles. The zero-order valence-electron chi connectivity index (χ0n) is 10.5. The highest BCUT2D eigenvalue weighted by Gasteiger charge is 2.20. The van der Waals surface area contributed by atoms with Crippen molar-refractivity contribution in [2.24, 2.45) is 0 Å². The van der Waals surface area contributed by atoms with Crippen molar-refractivity contribution in [2.45, 2.75) is 11.8 Å². The van der Waals surface area contributed by atoms with E-state index < -0.39 is 21.7 Å². The highest BCUT2D eigenvalue weighted by atomic mass is 32.2. The fraction of sp³-hybridized carbons (Fsp3) is 0.0769. The zero-order valence-corrected chi connectivity index (χ0v) is 11.3. The topological polar surface area (TPSA) is 72.2 Å². The Morgan fingerprint density at radius 3 is 2.50 bits per heavy atom. The largest absolute Gasteiger partial charge is 0.399 e. The van der Waals surface area contributed by atoms with Crippen molar-refractivity contribution in [2.75, 3.05) is 10.5 Å². The number of benzene rings is 2. The van der Waals surface area contributed by atoms with E-state index in [1.165, 1.54) is 25.1 Å². The molecular weight excluding hydrogens is 286 g/mol. The van der Waals surface area contributed by atoms with Crippen LogP contribution in [0.3, 0.4) is 0 Å². The molecule has 20 heavy (non-hydrogen) atoms. The minimum absolute atomic E-state index is 0.00674. The van der Waals surface area contributed by atoms with Crippen molar-refractivity contribution >= 4 is 21.4 Å². The van der Waals surface area contributed by atoms with Gasteiger partial charge in [0, 0.05) is 11.3 Å². The molecule has 2 aromatic carbocycles. The SMILES string of the molecule is Cc1c(F)cc(N)cc1S(=O)(=O)Nc1cccc(F)c1. The van der Waals surface area contributed by atoms with Crippen LogP contribution in [0.15, 0.2) is 41.3 Å². The highest BCUT2D eigenvalue weighted by Crippen LogP contribution is 2.24. The minimum Gasteiger partial charge on any atom is -0.399 e. The fourth-order valence-electron chi connectivity index (χ4n) is 1.71. The van der Waals surface area contributed by atoms with Gasteiger partial charge in [-0.15, -0.1) is 0 Å². The second-order valence-electron chi connectivity index (χ2n) is 4.24. The molecule has 0 spiro atoms. The van der Waals surface area contributed by atoms with Gasteiger partial charge in [0.25, 0.3) is 10.0 Å². The molecule has 0 heterocycles. The number of nitrogens with one attached hydrogen (secondary N) is 1. The Morgan fingerprint density at radius 2 is 1.85 bits per heavy atom. The number of anilines is 2. The zero-order chi connectivity index (χ0) is 14.9. The maximum atomic E-state index is 13.5. The smallest absolute Gasteiger partial charge is 0.262 e. The van der Waals surface area contributed by atoms with Crippen LogP contribution in [-0.2, 0) is 10.0 Å². The minimum atomic E-state index is -4.04. The van der Waals surface area contributed by atoms with E-state index in [0.29, 0.717) is 0 Å². The lowest BCUT2D eigenvalue weighted by Gasteiger charge is -2.11. The first kappa shape index (κ1) is 14.3. The first-order valence-corrected chi connectivity index (χ1v) is 7.12. The van der Waals surface area contributed by atoms with E-state index in [4.69, 9.17) is 5.73 Å². The van der Waals surface area contributed by atoms with Crippen LogP contribution in [0.4, 0.5) is 20.2 Å². The summed E-state index contributed by atoms with van der Waals surface area (Å²) in [7, 11) is -4.04. The second-order valence-corrected chi connectivity index (χ2v) is 5.89. The summed E-state index contributed by atoms with van der Waals surface area (Å²) in [6, 6.07) is 7.15. The average molecular weight is 298 g/mol. The quantitative estimate of drug-likeness (QED) is 0.856. The molecule has 2 aromatic rings. The van der Waals surface area contributed by atoms with Gasteiger partial charge in [-0.25, -0.2) is 17.2 Å². The molecule has 0 bridgehead atoms. The molecule has 106 valence electrons. The van der Waals surface area contributed by atoms with Crippen LogP contribution < -0.4 is 10.5 Å². The Kier molecular flexibility index (Phi) is 3.63. The average Bonchev–Trinajstić information content (AvgIpc) is 2.33. The third-order valence-corrected chi connectivity index (χ3v) is 4.19. The third-order valence-electron chi connectivity index (χ3n) is 2.69. The molecule has 0 unspecified atom stereocenters. The Bertz CT molecular complexity index is 761. The summed E-state index contributed by atoms with van der Waals surface area (Å²) >= 11 is 0. The Morgan fingerprint density at radius 1 is 1.15 bits per heavy atom. The number of nitrogens with two attached hydrogens (primary N) is 1. The summed E-state index contributed by atoms with van der Waals surface area (Å²) < 4.78 is 53.1. The van der Waals surface area contributed by atoms with Gasteiger partial charge in [-0.1, -0.05) is 6.07 Å². The van der Waals surface area contributed by atoms with Gasteiger partial charge in [-0.2, -0.15) is 0 Å². The molecule has 0 atom stereocenters. The van der Waals surface area contributed by atoms with Crippen LogP contribution >= 0.6 is 0 Å². The summed E-state index contributed by atoms with van der Waals surface area (Å²) in [5.41, 5.74) is 5.44. The molecule has 2 rings (SSSR count). The van der Waals surface area contributed by atoms with Crippen molar-refractivity contribution in [3.8, 4) is 0 Å². The highest BCUT2D eigenvalue weighted by molar-refractivity contribution is 7.92. The number of hydrogen-bond acceptors (Lipinski definition) is 3. The van der Waals surface area contributed by atoms with Crippen molar-refractivity contribution in [3.63, 3.8) is 0 Å². The molecule has 0 fully saturated rings. The Labute approximate surface area is 115 Å². The van der Waals surface area contributed by atoms with E-state index in [2.05, 4.69) is 4.72 Å². The number of sulfonamides is 1. The van der Waals surface area contributed by atoms with Gasteiger partial charge in [0.1, 0.15) is 11.6 Å². The molecule has 0 radical (unpaired) electrons. The van der Waals surface area contributed by atoms with Crippen LogP contribution in [0, 0.1) is 18.6 Å². The Balaban J connectivity index is 2.46. The van der Waals surface area contributed by atoms with Crippen LogP contribution in [-0.4, -0.2) is 8.42 Å².